The Morgan fingerprint density at radius 3 is 2.30 bits per heavy atom. The fourth-order valence-electron chi connectivity index (χ4n) is 4.04. The second-order valence-electron chi connectivity index (χ2n) is 7.16. The van der Waals surface area contributed by atoms with E-state index in [-0.39, 0.29) is 11.9 Å². The maximum absolute atomic E-state index is 13.5. The summed E-state index contributed by atoms with van der Waals surface area (Å²) in [6.45, 7) is 2.74. The molecule has 0 atom stereocenters. The van der Waals surface area contributed by atoms with Crippen molar-refractivity contribution in [2.75, 3.05) is 32.3 Å². The van der Waals surface area contributed by atoms with E-state index < -0.39 is 5.79 Å². The van der Waals surface area contributed by atoms with E-state index in [4.69, 9.17) is 14.2 Å². The highest BCUT2D eigenvalue weighted by atomic mass is 16.7. The first kappa shape index (κ1) is 22.0. The number of carbonyl (C=O) groups excluding carboxylic acids is 2. The van der Waals surface area contributed by atoms with Crippen LogP contribution >= 0.6 is 0 Å². The van der Waals surface area contributed by atoms with Crippen LogP contribution in [0.5, 0.6) is 0 Å². The SMILES string of the molecule is CCOC(=O)CCCCCN1C(=O)c2ccccc2C(OC)(OC)c2ccccc21. The molecule has 2 aromatic carbocycles. The number of esters is 1. The number of para-hydroxylation sites is 1. The summed E-state index contributed by atoms with van der Waals surface area (Å²) in [5.41, 5.74) is 2.81. The summed E-state index contributed by atoms with van der Waals surface area (Å²) in [7, 11) is 3.18. The molecule has 160 valence electrons. The Balaban J connectivity index is 1.89. The molecule has 0 N–H and O–H groups in total. The monoisotopic (exact) mass is 411 g/mol. The lowest BCUT2D eigenvalue weighted by atomic mass is 9.93. The first-order valence-electron chi connectivity index (χ1n) is 10.4. The standard InChI is InChI=1S/C24H29NO5/c1-4-30-22(26)16-6-5-11-17-25-21-15-10-9-14-20(21)24(28-2,29-3)19-13-8-7-12-18(19)23(25)27/h7-10,12-15H,4-6,11,16-17H2,1-3H3. The number of fused-ring (bicyclic) bond motifs is 2. The van der Waals surface area contributed by atoms with Crippen LogP contribution in [0, 0.1) is 0 Å². The number of amides is 1. The van der Waals surface area contributed by atoms with Crippen LogP contribution in [0.1, 0.15) is 54.1 Å². The summed E-state index contributed by atoms with van der Waals surface area (Å²) in [6.07, 6.45) is 2.73. The van der Waals surface area contributed by atoms with Gasteiger partial charge in [0.1, 0.15) is 0 Å². The normalized spacial score (nSPS) is 14.6. The van der Waals surface area contributed by atoms with Gasteiger partial charge in [-0.3, -0.25) is 9.59 Å². The summed E-state index contributed by atoms with van der Waals surface area (Å²) in [6, 6.07) is 15.1. The van der Waals surface area contributed by atoms with E-state index in [0.717, 1.165) is 30.5 Å². The molecule has 0 saturated carbocycles. The molecule has 0 saturated heterocycles. The Morgan fingerprint density at radius 1 is 0.933 bits per heavy atom. The number of hydrogen-bond acceptors (Lipinski definition) is 5. The van der Waals surface area contributed by atoms with Gasteiger partial charge in [0.2, 0.25) is 5.79 Å². The van der Waals surface area contributed by atoms with Gasteiger partial charge < -0.3 is 19.1 Å². The number of hydrogen-bond donors (Lipinski definition) is 0. The molecule has 1 aliphatic heterocycles. The van der Waals surface area contributed by atoms with Gasteiger partial charge in [0.05, 0.1) is 12.3 Å². The minimum atomic E-state index is -1.17. The van der Waals surface area contributed by atoms with Crippen LogP contribution < -0.4 is 4.90 Å². The second kappa shape index (κ2) is 9.87. The van der Waals surface area contributed by atoms with Crippen molar-refractivity contribution in [3.63, 3.8) is 0 Å². The van der Waals surface area contributed by atoms with Gasteiger partial charge in [-0.15, -0.1) is 0 Å². The lowest BCUT2D eigenvalue weighted by Crippen LogP contribution is -2.33. The Kier molecular flexibility index (Phi) is 7.24. The number of benzene rings is 2. The number of rotatable bonds is 9. The van der Waals surface area contributed by atoms with E-state index in [1.54, 1.807) is 26.0 Å². The van der Waals surface area contributed by atoms with E-state index in [1.165, 1.54) is 0 Å². The van der Waals surface area contributed by atoms with Crippen LogP contribution in [0.3, 0.4) is 0 Å². The Hall–Kier alpha value is -2.70. The van der Waals surface area contributed by atoms with Crippen LogP contribution in [0.4, 0.5) is 5.69 Å². The molecule has 0 radical (unpaired) electrons. The third kappa shape index (κ3) is 4.11. The summed E-state index contributed by atoms with van der Waals surface area (Å²) in [4.78, 5) is 26.8. The van der Waals surface area contributed by atoms with E-state index in [2.05, 4.69) is 0 Å². The first-order chi connectivity index (χ1) is 14.6. The van der Waals surface area contributed by atoms with Crippen LogP contribution in [-0.4, -0.2) is 39.2 Å². The van der Waals surface area contributed by atoms with Gasteiger partial charge in [-0.1, -0.05) is 42.8 Å². The van der Waals surface area contributed by atoms with Crippen LogP contribution in [0.2, 0.25) is 0 Å². The van der Waals surface area contributed by atoms with E-state index >= 15 is 0 Å². The quantitative estimate of drug-likeness (QED) is 0.350. The molecule has 0 aromatic heterocycles. The van der Waals surface area contributed by atoms with E-state index in [0.29, 0.717) is 30.7 Å². The van der Waals surface area contributed by atoms with Crippen molar-refractivity contribution in [2.45, 2.75) is 38.4 Å². The van der Waals surface area contributed by atoms with Crippen LogP contribution in [0.15, 0.2) is 48.5 Å². The van der Waals surface area contributed by atoms with Gasteiger partial charge in [-0.25, -0.2) is 0 Å². The number of methoxy groups -OCH3 is 2. The molecule has 1 heterocycles. The topological polar surface area (TPSA) is 65.1 Å². The molecule has 0 bridgehead atoms. The van der Waals surface area contributed by atoms with Gasteiger partial charge in [0.15, 0.2) is 0 Å². The molecular formula is C24H29NO5. The van der Waals surface area contributed by atoms with Crippen LogP contribution in [0.25, 0.3) is 0 Å². The predicted molar refractivity (Wildman–Crippen MR) is 114 cm³/mol. The highest BCUT2D eigenvalue weighted by Crippen LogP contribution is 2.44. The first-order valence-corrected chi connectivity index (χ1v) is 10.4. The maximum Gasteiger partial charge on any atom is 0.305 e. The summed E-state index contributed by atoms with van der Waals surface area (Å²) in [5.74, 6) is -1.42. The summed E-state index contributed by atoms with van der Waals surface area (Å²) >= 11 is 0. The van der Waals surface area contributed by atoms with Crippen molar-refractivity contribution in [1.29, 1.82) is 0 Å². The average molecular weight is 411 g/mol. The Labute approximate surface area is 177 Å². The number of anilines is 1. The Bertz CT molecular complexity index is 891. The van der Waals surface area contributed by atoms with Crippen molar-refractivity contribution in [2.24, 2.45) is 0 Å². The molecule has 6 nitrogen and oxygen atoms in total. The number of nitrogens with zero attached hydrogens (tertiary/aromatic N) is 1. The average Bonchev–Trinajstić information content (AvgIpc) is 2.86. The minimum absolute atomic E-state index is 0.0839. The van der Waals surface area contributed by atoms with Gasteiger partial charge in [-0.05, 0) is 31.9 Å². The molecule has 1 aliphatic rings. The smallest absolute Gasteiger partial charge is 0.305 e. The lowest BCUT2D eigenvalue weighted by Gasteiger charge is -2.33. The third-order valence-electron chi connectivity index (χ3n) is 5.45. The van der Waals surface area contributed by atoms with Crippen molar-refractivity contribution >= 4 is 17.6 Å². The molecule has 0 fully saturated rings. The van der Waals surface area contributed by atoms with E-state index in [1.807, 2.05) is 48.5 Å². The minimum Gasteiger partial charge on any atom is -0.466 e. The maximum atomic E-state index is 13.5. The zero-order valence-electron chi connectivity index (χ0n) is 17.8. The fourth-order valence-corrected chi connectivity index (χ4v) is 4.04. The zero-order chi connectivity index (χ0) is 21.6. The molecule has 0 unspecified atom stereocenters. The number of carbonyl (C=O) groups is 2. The predicted octanol–water partition coefficient (Wildman–Crippen LogP) is 4.26. The highest BCUT2D eigenvalue weighted by Gasteiger charge is 2.44. The van der Waals surface area contributed by atoms with Gasteiger partial charge in [0.25, 0.3) is 5.91 Å². The van der Waals surface area contributed by atoms with Gasteiger partial charge >= 0.3 is 5.97 Å². The van der Waals surface area contributed by atoms with Gasteiger partial charge in [0, 0.05) is 43.9 Å². The molecular weight excluding hydrogens is 382 g/mol. The molecule has 30 heavy (non-hydrogen) atoms. The fraction of sp³-hybridized carbons (Fsp3) is 0.417. The molecule has 2 aromatic rings. The zero-order valence-corrected chi connectivity index (χ0v) is 17.8. The molecule has 0 spiro atoms. The van der Waals surface area contributed by atoms with Crippen molar-refractivity contribution in [1.82, 2.24) is 0 Å². The van der Waals surface area contributed by atoms with Crippen molar-refractivity contribution in [3.8, 4) is 0 Å². The Morgan fingerprint density at radius 2 is 1.60 bits per heavy atom. The van der Waals surface area contributed by atoms with Crippen molar-refractivity contribution < 1.29 is 23.8 Å². The van der Waals surface area contributed by atoms with E-state index in [9.17, 15) is 9.59 Å². The highest BCUT2D eigenvalue weighted by molar-refractivity contribution is 6.09. The molecule has 3 rings (SSSR count). The molecule has 0 aliphatic carbocycles. The summed E-state index contributed by atoms with van der Waals surface area (Å²) < 4.78 is 16.8. The number of unbranched alkanes of at least 4 members (excludes halogenated alkanes) is 2. The third-order valence-corrected chi connectivity index (χ3v) is 5.45. The van der Waals surface area contributed by atoms with Crippen molar-refractivity contribution in [3.05, 3.63) is 65.2 Å². The molecule has 1 amide bonds. The second-order valence-corrected chi connectivity index (χ2v) is 7.16. The largest absolute Gasteiger partial charge is 0.466 e. The van der Waals surface area contributed by atoms with Gasteiger partial charge in [-0.2, -0.15) is 0 Å². The number of ether oxygens (including phenoxy) is 3. The molecule has 6 heteroatoms. The lowest BCUT2D eigenvalue weighted by molar-refractivity contribution is -0.183. The van der Waals surface area contributed by atoms with Crippen LogP contribution in [-0.2, 0) is 24.8 Å². The summed E-state index contributed by atoms with van der Waals surface area (Å²) in [5, 5.41) is 0.